The Morgan fingerprint density at radius 2 is 1.57 bits per heavy atom. The number of hydrogen-bond donors (Lipinski definition) is 7. The number of carbonyl (C=O) groups is 5. The van der Waals surface area contributed by atoms with Gasteiger partial charge in [0.25, 0.3) is 0 Å². The van der Waals surface area contributed by atoms with Crippen molar-refractivity contribution in [3.8, 4) is 5.75 Å². The van der Waals surface area contributed by atoms with E-state index in [0.717, 1.165) is 0 Å². The first kappa shape index (κ1) is 34.1. The predicted octanol–water partition coefficient (Wildman–Crippen LogP) is 0.144. The Labute approximate surface area is 249 Å². The molecular weight excluding hydrogens is 562 g/mol. The first-order valence-electron chi connectivity index (χ1n) is 13.7. The number of thioether (sulfide) groups is 1. The lowest BCUT2D eigenvalue weighted by molar-refractivity contribution is -0.135. The van der Waals surface area contributed by atoms with Crippen molar-refractivity contribution in [3.63, 3.8) is 0 Å². The molecule has 5 amide bonds. The second kappa shape index (κ2) is 17.0. The summed E-state index contributed by atoms with van der Waals surface area (Å²) in [6.45, 7) is 4.93. The van der Waals surface area contributed by atoms with E-state index in [0.29, 0.717) is 29.9 Å². The first-order valence-corrected chi connectivity index (χ1v) is 15.1. The van der Waals surface area contributed by atoms with E-state index in [1.165, 1.54) is 37.1 Å². The van der Waals surface area contributed by atoms with Gasteiger partial charge in [-0.25, -0.2) is 4.98 Å². The van der Waals surface area contributed by atoms with Crippen LogP contribution in [-0.2, 0) is 36.8 Å². The lowest BCUT2D eigenvalue weighted by atomic mass is 9.96. The number of nitrogens with two attached hydrogens (primary N) is 1. The quantitative estimate of drug-likeness (QED) is 0.132. The second-order valence-corrected chi connectivity index (χ2v) is 11.1. The van der Waals surface area contributed by atoms with Gasteiger partial charge in [0.2, 0.25) is 29.5 Å². The van der Waals surface area contributed by atoms with Gasteiger partial charge in [0.05, 0.1) is 12.0 Å². The fourth-order valence-electron chi connectivity index (χ4n) is 4.15. The third-order valence-corrected chi connectivity index (χ3v) is 7.38. The highest BCUT2D eigenvalue weighted by Crippen LogP contribution is 2.14. The Kier molecular flexibility index (Phi) is 13.8. The number of phenolic OH excluding ortho intramolecular Hbond substituents is 1. The summed E-state index contributed by atoms with van der Waals surface area (Å²) in [6.07, 6.45) is 5.88. The smallest absolute Gasteiger partial charge is 0.243 e. The Morgan fingerprint density at radius 3 is 2.12 bits per heavy atom. The van der Waals surface area contributed by atoms with Gasteiger partial charge >= 0.3 is 0 Å². The summed E-state index contributed by atoms with van der Waals surface area (Å²) in [5, 5.41) is 20.3. The molecule has 0 radical (unpaired) electrons. The molecule has 1 heterocycles. The number of H-pyrrole nitrogens is 1. The maximum atomic E-state index is 13.6. The van der Waals surface area contributed by atoms with Crippen LogP contribution in [0.4, 0.5) is 0 Å². The fraction of sp³-hybridized carbons (Fsp3) is 0.500. The number of rotatable bonds is 17. The van der Waals surface area contributed by atoms with Crippen molar-refractivity contribution in [3.05, 3.63) is 48.0 Å². The number of hydrogen-bond acceptors (Lipinski definition) is 8. The molecule has 8 N–H and O–H groups in total. The number of benzene rings is 1. The van der Waals surface area contributed by atoms with Crippen LogP contribution in [0.5, 0.6) is 5.75 Å². The van der Waals surface area contributed by atoms with E-state index >= 15 is 0 Å². The molecule has 13 nitrogen and oxygen atoms in total. The van der Waals surface area contributed by atoms with Crippen molar-refractivity contribution in [2.75, 3.05) is 12.0 Å². The molecule has 0 unspecified atom stereocenters. The summed E-state index contributed by atoms with van der Waals surface area (Å²) in [7, 11) is 0. The number of amides is 5. The molecule has 2 rings (SSSR count). The van der Waals surface area contributed by atoms with Gasteiger partial charge in [0.15, 0.2) is 0 Å². The van der Waals surface area contributed by atoms with Gasteiger partial charge in [0.1, 0.15) is 29.9 Å². The van der Waals surface area contributed by atoms with Crippen LogP contribution in [0, 0.1) is 5.92 Å². The summed E-state index contributed by atoms with van der Waals surface area (Å²) < 4.78 is 0. The summed E-state index contributed by atoms with van der Waals surface area (Å²) in [5.74, 6) is -2.62. The SMILES string of the molecule is CC[C@H](C)[C@H](NC(=O)[C@H](Cc1ccc(O)cc1)NC(C)=O)C(=O)N[C@@H](Cc1c[nH]cn1)C(=O)N[C@@H](CCSC)C(N)=O. The van der Waals surface area contributed by atoms with Crippen LogP contribution in [0.3, 0.4) is 0 Å². The first-order chi connectivity index (χ1) is 19.9. The third-order valence-electron chi connectivity index (χ3n) is 6.74. The minimum absolute atomic E-state index is 0.0195. The predicted molar refractivity (Wildman–Crippen MR) is 159 cm³/mol. The number of aromatic amines is 1. The largest absolute Gasteiger partial charge is 0.508 e. The molecule has 1 aromatic heterocycles. The molecule has 230 valence electrons. The zero-order chi connectivity index (χ0) is 31.2. The average Bonchev–Trinajstić information content (AvgIpc) is 3.46. The number of aromatic nitrogens is 2. The highest BCUT2D eigenvalue weighted by molar-refractivity contribution is 7.98. The highest BCUT2D eigenvalue weighted by atomic mass is 32.2. The van der Waals surface area contributed by atoms with E-state index in [9.17, 15) is 29.1 Å². The molecule has 5 atom stereocenters. The van der Waals surface area contributed by atoms with E-state index in [4.69, 9.17) is 5.73 Å². The Morgan fingerprint density at radius 1 is 0.952 bits per heavy atom. The van der Waals surface area contributed by atoms with Crippen LogP contribution in [0.1, 0.15) is 44.9 Å². The zero-order valence-electron chi connectivity index (χ0n) is 24.3. The van der Waals surface area contributed by atoms with E-state index in [2.05, 4.69) is 31.2 Å². The minimum atomic E-state index is -1.12. The van der Waals surface area contributed by atoms with Crippen LogP contribution in [0.15, 0.2) is 36.8 Å². The summed E-state index contributed by atoms with van der Waals surface area (Å²) in [5.41, 5.74) is 6.68. The van der Waals surface area contributed by atoms with E-state index < -0.39 is 53.7 Å². The van der Waals surface area contributed by atoms with E-state index in [1.807, 2.05) is 13.2 Å². The van der Waals surface area contributed by atoms with Crippen molar-refractivity contribution >= 4 is 41.3 Å². The van der Waals surface area contributed by atoms with Crippen LogP contribution in [-0.4, -0.2) is 80.8 Å². The number of aromatic hydroxyl groups is 1. The van der Waals surface area contributed by atoms with Gasteiger partial charge in [-0.1, -0.05) is 32.4 Å². The van der Waals surface area contributed by atoms with Gasteiger partial charge in [-0.3, -0.25) is 24.0 Å². The Bertz CT molecular complexity index is 1190. The highest BCUT2D eigenvalue weighted by Gasteiger charge is 2.33. The zero-order valence-corrected chi connectivity index (χ0v) is 25.1. The molecule has 0 aliphatic carbocycles. The van der Waals surface area contributed by atoms with Crippen molar-refractivity contribution in [1.29, 1.82) is 0 Å². The van der Waals surface area contributed by atoms with Crippen molar-refractivity contribution < 1.29 is 29.1 Å². The van der Waals surface area contributed by atoms with Crippen LogP contribution in [0.25, 0.3) is 0 Å². The Balaban J connectivity index is 2.26. The fourth-order valence-corrected chi connectivity index (χ4v) is 4.63. The molecule has 42 heavy (non-hydrogen) atoms. The van der Waals surface area contributed by atoms with Gasteiger partial charge < -0.3 is 37.1 Å². The number of carbonyl (C=O) groups excluding carboxylic acids is 5. The number of primary amides is 1. The number of nitrogens with zero attached hydrogens (tertiary/aromatic N) is 1. The van der Waals surface area contributed by atoms with E-state index in [1.54, 1.807) is 25.3 Å². The molecular formula is C28H41N7O6S. The van der Waals surface area contributed by atoms with Crippen molar-refractivity contribution in [2.45, 2.75) is 70.6 Å². The summed E-state index contributed by atoms with van der Waals surface area (Å²) in [6, 6.07) is 2.12. The normalized spacial score (nSPS) is 14.5. The average molecular weight is 604 g/mol. The molecule has 14 heteroatoms. The van der Waals surface area contributed by atoms with Gasteiger partial charge in [-0.05, 0) is 42.0 Å². The lowest BCUT2D eigenvalue weighted by Gasteiger charge is -2.28. The molecule has 2 aromatic rings. The van der Waals surface area contributed by atoms with Crippen LogP contribution in [0.2, 0.25) is 0 Å². The molecule has 0 bridgehead atoms. The van der Waals surface area contributed by atoms with Gasteiger partial charge in [0, 0.05) is 26.0 Å². The maximum Gasteiger partial charge on any atom is 0.243 e. The molecule has 0 fully saturated rings. The molecule has 0 saturated heterocycles. The van der Waals surface area contributed by atoms with Crippen molar-refractivity contribution in [1.82, 2.24) is 31.2 Å². The van der Waals surface area contributed by atoms with Gasteiger partial charge in [-0.15, -0.1) is 0 Å². The summed E-state index contributed by atoms with van der Waals surface area (Å²) >= 11 is 1.50. The number of nitrogens with one attached hydrogen (secondary N) is 5. The van der Waals surface area contributed by atoms with E-state index in [-0.39, 0.29) is 24.5 Å². The molecule has 0 aliphatic rings. The van der Waals surface area contributed by atoms with Crippen LogP contribution >= 0.6 is 11.8 Å². The third kappa shape index (κ3) is 11.1. The lowest BCUT2D eigenvalue weighted by Crippen LogP contribution is -2.60. The standard InChI is InChI=1S/C28H41N7O6S/c1-5-16(2)24(35-27(40)22(32-17(3)36)12-18-6-8-20(37)9-7-18)28(41)34-23(13-19-14-30-15-31-19)26(39)33-21(25(29)38)10-11-42-4/h6-9,14-16,21-24,37H,5,10-13H2,1-4H3,(H2,29,38)(H,30,31)(H,32,36)(H,33,39)(H,34,41)(H,35,40)/t16-,21-,22-,23-,24-/m0/s1. The molecule has 0 spiro atoms. The monoisotopic (exact) mass is 603 g/mol. The topological polar surface area (TPSA) is 208 Å². The number of imidazole rings is 1. The van der Waals surface area contributed by atoms with Gasteiger partial charge in [-0.2, -0.15) is 11.8 Å². The maximum absolute atomic E-state index is 13.6. The molecule has 0 saturated carbocycles. The Hall–Kier alpha value is -4.07. The summed E-state index contributed by atoms with van der Waals surface area (Å²) in [4.78, 5) is 71.1. The number of phenols is 1. The molecule has 0 aliphatic heterocycles. The van der Waals surface area contributed by atoms with Crippen molar-refractivity contribution in [2.24, 2.45) is 11.7 Å². The second-order valence-electron chi connectivity index (χ2n) is 10.1. The molecule has 1 aromatic carbocycles. The minimum Gasteiger partial charge on any atom is -0.508 e. The van der Waals surface area contributed by atoms with Crippen LogP contribution < -0.4 is 27.0 Å².